The standard InChI is InChI=1S/C23H16F3N3O4/c24-23(25,26)16-11-19(33-13-20(31)32)28-22-21(16)17(30)12-18(27-14-7-3-1-4-8-14)29(22)15-9-5-2-6-10-15/h1-12,27H,13H2,(H,31,32). The number of alkyl halides is 3. The summed E-state index contributed by atoms with van der Waals surface area (Å²) in [6, 6.07) is 18.7. The maximum atomic E-state index is 13.9. The summed E-state index contributed by atoms with van der Waals surface area (Å²) in [5.41, 5.74) is -1.48. The molecule has 0 aliphatic carbocycles. The first-order valence-electron chi connectivity index (χ1n) is 9.64. The number of rotatable bonds is 6. The van der Waals surface area contributed by atoms with Gasteiger partial charge in [0, 0.05) is 23.5 Å². The van der Waals surface area contributed by atoms with Gasteiger partial charge in [-0.05, 0) is 24.3 Å². The van der Waals surface area contributed by atoms with Crippen molar-refractivity contribution in [3.63, 3.8) is 0 Å². The number of halogens is 3. The fourth-order valence-corrected chi connectivity index (χ4v) is 3.32. The number of benzene rings is 2. The van der Waals surface area contributed by atoms with Crippen LogP contribution in [0.2, 0.25) is 0 Å². The number of carboxylic acids is 1. The third-order valence-corrected chi connectivity index (χ3v) is 4.65. The van der Waals surface area contributed by atoms with Crippen LogP contribution in [-0.2, 0) is 11.0 Å². The molecule has 0 saturated heterocycles. The number of anilines is 2. The van der Waals surface area contributed by atoms with Gasteiger partial charge in [0.15, 0.2) is 17.7 Å². The molecule has 0 fully saturated rings. The van der Waals surface area contributed by atoms with Crippen LogP contribution >= 0.6 is 0 Å². The Kier molecular flexibility index (Phi) is 5.74. The SMILES string of the molecule is O=C(O)COc1cc(C(F)(F)F)c2c(=O)cc(Nc3ccccc3)n(-c3ccccc3)c2n1. The van der Waals surface area contributed by atoms with Gasteiger partial charge in [0.1, 0.15) is 5.82 Å². The first-order chi connectivity index (χ1) is 15.7. The van der Waals surface area contributed by atoms with Crippen LogP contribution in [0.25, 0.3) is 16.7 Å². The average Bonchev–Trinajstić information content (AvgIpc) is 2.78. The number of nitrogens with one attached hydrogen (secondary N) is 1. The molecule has 2 aromatic heterocycles. The van der Waals surface area contributed by atoms with Gasteiger partial charge in [-0.2, -0.15) is 18.2 Å². The van der Waals surface area contributed by atoms with E-state index in [0.29, 0.717) is 17.4 Å². The highest BCUT2D eigenvalue weighted by Gasteiger charge is 2.36. The second kappa shape index (κ2) is 8.65. The van der Waals surface area contributed by atoms with Crippen LogP contribution in [0.5, 0.6) is 5.88 Å². The predicted octanol–water partition coefficient (Wildman–Crippen LogP) is 4.61. The number of hydrogen-bond acceptors (Lipinski definition) is 5. The zero-order valence-corrected chi connectivity index (χ0v) is 16.8. The largest absolute Gasteiger partial charge is 0.479 e. The Morgan fingerprint density at radius 2 is 1.67 bits per heavy atom. The van der Waals surface area contributed by atoms with Gasteiger partial charge in [0.2, 0.25) is 5.88 Å². The molecule has 0 aliphatic rings. The molecular formula is C23H16F3N3O4. The van der Waals surface area contributed by atoms with Gasteiger partial charge in [-0.1, -0.05) is 36.4 Å². The number of hydrogen-bond donors (Lipinski definition) is 2. The molecule has 0 atom stereocenters. The van der Waals surface area contributed by atoms with E-state index in [2.05, 4.69) is 10.3 Å². The van der Waals surface area contributed by atoms with Crippen LogP contribution < -0.4 is 15.5 Å². The van der Waals surface area contributed by atoms with Crippen molar-refractivity contribution in [3.8, 4) is 11.6 Å². The molecule has 0 aliphatic heterocycles. The molecule has 0 spiro atoms. The summed E-state index contributed by atoms with van der Waals surface area (Å²) in [7, 11) is 0. The highest BCUT2D eigenvalue weighted by atomic mass is 19.4. The average molecular weight is 455 g/mol. The number of nitrogens with zero attached hydrogens (tertiary/aromatic N) is 2. The Bertz CT molecular complexity index is 1370. The van der Waals surface area contributed by atoms with Gasteiger partial charge >= 0.3 is 12.1 Å². The van der Waals surface area contributed by atoms with Gasteiger partial charge in [-0.25, -0.2) is 4.79 Å². The lowest BCUT2D eigenvalue weighted by Crippen LogP contribution is -2.19. The van der Waals surface area contributed by atoms with Crippen molar-refractivity contribution in [1.82, 2.24) is 9.55 Å². The van der Waals surface area contributed by atoms with Crippen LogP contribution in [-0.4, -0.2) is 27.2 Å². The topological polar surface area (TPSA) is 93.5 Å². The number of pyridine rings is 2. The van der Waals surface area contributed by atoms with E-state index in [0.717, 1.165) is 6.07 Å². The Labute approximate surface area is 184 Å². The van der Waals surface area contributed by atoms with Gasteiger partial charge in [0.25, 0.3) is 0 Å². The molecule has 4 aromatic rings. The van der Waals surface area contributed by atoms with Crippen molar-refractivity contribution in [3.05, 3.63) is 88.6 Å². The smallest absolute Gasteiger partial charge is 0.417 e. The van der Waals surface area contributed by atoms with Crippen molar-refractivity contribution >= 4 is 28.5 Å². The van der Waals surface area contributed by atoms with Crippen LogP contribution in [0, 0.1) is 0 Å². The van der Waals surface area contributed by atoms with E-state index in [1.165, 1.54) is 4.57 Å². The number of carboxylic acid groups (broad SMARTS) is 1. The molecular weight excluding hydrogens is 439 g/mol. The summed E-state index contributed by atoms with van der Waals surface area (Å²) in [4.78, 5) is 27.9. The van der Waals surface area contributed by atoms with Crippen molar-refractivity contribution in [1.29, 1.82) is 0 Å². The predicted molar refractivity (Wildman–Crippen MR) is 115 cm³/mol. The quantitative estimate of drug-likeness (QED) is 0.441. The normalized spacial score (nSPS) is 11.4. The second-order valence-electron chi connectivity index (χ2n) is 6.94. The van der Waals surface area contributed by atoms with Crippen LogP contribution in [0.4, 0.5) is 24.7 Å². The third-order valence-electron chi connectivity index (χ3n) is 4.65. The van der Waals surface area contributed by atoms with Gasteiger partial charge in [-0.3, -0.25) is 9.36 Å². The third kappa shape index (κ3) is 4.64. The number of aromatic nitrogens is 2. The molecule has 7 nitrogen and oxygen atoms in total. The number of aliphatic carboxylic acids is 1. The molecule has 33 heavy (non-hydrogen) atoms. The lowest BCUT2D eigenvalue weighted by atomic mass is 10.1. The monoisotopic (exact) mass is 455 g/mol. The van der Waals surface area contributed by atoms with Crippen LogP contribution in [0.15, 0.2) is 77.6 Å². The van der Waals surface area contributed by atoms with E-state index in [1.807, 2.05) is 0 Å². The number of para-hydroxylation sites is 2. The highest BCUT2D eigenvalue weighted by molar-refractivity contribution is 5.85. The molecule has 10 heteroatoms. The van der Waals surface area contributed by atoms with Gasteiger partial charge < -0.3 is 15.2 Å². The maximum absolute atomic E-state index is 13.9. The van der Waals surface area contributed by atoms with Crippen molar-refractivity contribution in [2.45, 2.75) is 6.18 Å². The molecule has 2 heterocycles. The molecule has 0 unspecified atom stereocenters. The minimum atomic E-state index is -4.91. The summed E-state index contributed by atoms with van der Waals surface area (Å²) in [6.45, 7) is -0.896. The molecule has 2 N–H and O–H groups in total. The van der Waals surface area contributed by atoms with E-state index in [-0.39, 0.29) is 11.5 Å². The minimum Gasteiger partial charge on any atom is -0.479 e. The van der Waals surface area contributed by atoms with Crippen molar-refractivity contribution in [2.24, 2.45) is 0 Å². The molecule has 4 rings (SSSR count). The molecule has 0 bridgehead atoms. The summed E-state index contributed by atoms with van der Waals surface area (Å²) in [5, 5.41) is 11.2. The summed E-state index contributed by atoms with van der Waals surface area (Å²) in [5.74, 6) is -1.79. The summed E-state index contributed by atoms with van der Waals surface area (Å²) >= 11 is 0. The van der Waals surface area contributed by atoms with E-state index < -0.39 is 41.0 Å². The number of ether oxygens (including phenoxy) is 1. The van der Waals surface area contributed by atoms with Crippen molar-refractivity contribution in [2.75, 3.05) is 11.9 Å². The summed E-state index contributed by atoms with van der Waals surface area (Å²) in [6.07, 6.45) is -4.91. The second-order valence-corrected chi connectivity index (χ2v) is 6.94. The van der Waals surface area contributed by atoms with E-state index in [9.17, 15) is 22.8 Å². The molecule has 168 valence electrons. The zero-order valence-electron chi connectivity index (χ0n) is 16.8. The van der Waals surface area contributed by atoms with E-state index >= 15 is 0 Å². The molecule has 2 aromatic carbocycles. The molecule has 0 amide bonds. The highest BCUT2D eigenvalue weighted by Crippen LogP contribution is 2.36. The van der Waals surface area contributed by atoms with Gasteiger partial charge in [0.05, 0.1) is 10.9 Å². The fourth-order valence-electron chi connectivity index (χ4n) is 3.32. The van der Waals surface area contributed by atoms with Crippen LogP contribution in [0.1, 0.15) is 5.56 Å². The molecule has 0 radical (unpaired) electrons. The Hall–Kier alpha value is -4.34. The Morgan fingerprint density at radius 3 is 2.27 bits per heavy atom. The number of carbonyl (C=O) groups is 1. The van der Waals surface area contributed by atoms with Gasteiger partial charge in [-0.15, -0.1) is 0 Å². The van der Waals surface area contributed by atoms with E-state index in [1.54, 1.807) is 60.7 Å². The maximum Gasteiger partial charge on any atom is 0.417 e. The lowest BCUT2D eigenvalue weighted by molar-refractivity contribution is -0.139. The van der Waals surface area contributed by atoms with Crippen molar-refractivity contribution < 1.29 is 27.8 Å². The first-order valence-corrected chi connectivity index (χ1v) is 9.64. The minimum absolute atomic E-state index is 0.168. The molecule has 0 saturated carbocycles. The number of fused-ring (bicyclic) bond motifs is 1. The fraction of sp³-hybridized carbons (Fsp3) is 0.0870. The lowest BCUT2D eigenvalue weighted by Gasteiger charge is -2.20. The van der Waals surface area contributed by atoms with E-state index in [4.69, 9.17) is 9.84 Å². The zero-order chi connectivity index (χ0) is 23.6. The Morgan fingerprint density at radius 1 is 1.03 bits per heavy atom. The first kappa shape index (κ1) is 21.9. The summed E-state index contributed by atoms with van der Waals surface area (Å²) < 4.78 is 48.0. The Balaban J connectivity index is 2.07. The van der Waals surface area contributed by atoms with Crippen LogP contribution in [0.3, 0.4) is 0 Å².